The molecule has 2 heterocycles. The summed E-state index contributed by atoms with van der Waals surface area (Å²) in [5.74, 6) is -1.75. The van der Waals surface area contributed by atoms with E-state index in [4.69, 9.17) is 4.84 Å². The highest BCUT2D eigenvalue weighted by molar-refractivity contribution is 6.37. The first-order chi connectivity index (χ1) is 19.8. The number of carbonyl (C=O) groups is 3. The van der Waals surface area contributed by atoms with Gasteiger partial charge >= 0.3 is 5.97 Å². The van der Waals surface area contributed by atoms with Crippen LogP contribution >= 0.6 is 0 Å². The lowest BCUT2D eigenvalue weighted by Crippen LogP contribution is -2.34. The number of hydroxylamine groups is 1. The van der Waals surface area contributed by atoms with Crippen LogP contribution in [-0.4, -0.2) is 79.1 Å². The maximum absolute atomic E-state index is 13.1. The number of aromatic carboxylic acids is 1. The van der Waals surface area contributed by atoms with E-state index in [0.29, 0.717) is 46.4 Å². The molecule has 3 aromatic rings. The van der Waals surface area contributed by atoms with E-state index in [1.807, 2.05) is 30.3 Å². The summed E-state index contributed by atoms with van der Waals surface area (Å²) in [6.45, 7) is 3.17. The van der Waals surface area contributed by atoms with Gasteiger partial charge in [0.2, 0.25) is 0 Å². The lowest BCUT2D eigenvalue weighted by Gasteiger charge is -2.20. The van der Waals surface area contributed by atoms with Crippen molar-refractivity contribution in [1.29, 1.82) is 0 Å². The lowest BCUT2D eigenvalue weighted by molar-refractivity contribution is -0.110. The molecule has 1 atom stereocenters. The molecule has 2 aliphatic rings. The van der Waals surface area contributed by atoms with E-state index >= 15 is 0 Å². The molecule has 1 fully saturated rings. The zero-order chi connectivity index (χ0) is 28.9. The van der Waals surface area contributed by atoms with Crippen LogP contribution in [0.25, 0.3) is 11.3 Å². The maximum Gasteiger partial charge on any atom is 0.335 e. The van der Waals surface area contributed by atoms with E-state index in [0.717, 1.165) is 31.6 Å². The van der Waals surface area contributed by atoms with E-state index in [2.05, 4.69) is 40.0 Å². The number of likely N-dealkylation sites (tertiary alicyclic amines) is 1. The minimum Gasteiger partial charge on any atom is -0.478 e. The summed E-state index contributed by atoms with van der Waals surface area (Å²) in [6.07, 6.45) is 1.13. The van der Waals surface area contributed by atoms with E-state index in [9.17, 15) is 19.5 Å². The Labute approximate surface area is 238 Å². The predicted octanol–water partition coefficient (Wildman–Crippen LogP) is 3.61. The second kappa shape index (κ2) is 12.3. The third-order valence-corrected chi connectivity index (χ3v) is 7.39. The summed E-state index contributed by atoms with van der Waals surface area (Å²) in [5.41, 5.74) is 6.48. The molecule has 2 aliphatic heterocycles. The fourth-order valence-electron chi connectivity index (χ4n) is 5.07. The van der Waals surface area contributed by atoms with Crippen molar-refractivity contribution >= 4 is 40.4 Å². The Morgan fingerprint density at radius 3 is 2.44 bits per heavy atom. The molecule has 4 N–H and O–H groups in total. The van der Waals surface area contributed by atoms with Gasteiger partial charge in [-0.2, -0.15) is 0 Å². The van der Waals surface area contributed by atoms with Gasteiger partial charge in [-0.1, -0.05) is 36.4 Å². The van der Waals surface area contributed by atoms with Crippen LogP contribution in [0, 0.1) is 0 Å². The van der Waals surface area contributed by atoms with Crippen LogP contribution in [0.3, 0.4) is 0 Å². The number of hydrogen-bond donors (Lipinski definition) is 4. The number of likely N-dealkylation sites (N-methyl/N-ethyl adjacent to an activating group) is 1. The summed E-state index contributed by atoms with van der Waals surface area (Å²) in [7, 11) is 4.18. The summed E-state index contributed by atoms with van der Waals surface area (Å²) in [5, 5.41) is 15.5. The largest absolute Gasteiger partial charge is 0.478 e. The predicted molar refractivity (Wildman–Crippen MR) is 157 cm³/mol. The zero-order valence-electron chi connectivity index (χ0n) is 23.0. The second-order valence-electron chi connectivity index (χ2n) is 10.3. The smallest absolute Gasteiger partial charge is 0.335 e. The Morgan fingerprint density at radius 1 is 1.02 bits per heavy atom. The molecule has 1 saturated heterocycles. The van der Waals surface area contributed by atoms with Gasteiger partial charge in [0.05, 0.1) is 29.1 Å². The normalized spacial score (nSPS) is 17.7. The van der Waals surface area contributed by atoms with Gasteiger partial charge in [-0.25, -0.2) is 10.3 Å². The third kappa shape index (κ3) is 6.46. The van der Waals surface area contributed by atoms with Crippen molar-refractivity contribution in [2.75, 3.05) is 51.0 Å². The molecular formula is C31H33N5O5. The number of nitrogens with one attached hydrogen (secondary N) is 3. The highest BCUT2D eigenvalue weighted by Gasteiger charge is 2.29. The Morgan fingerprint density at radius 2 is 1.76 bits per heavy atom. The fraction of sp³-hybridized carbons (Fsp3) is 0.258. The Balaban J connectivity index is 1.27. The molecule has 0 saturated carbocycles. The summed E-state index contributed by atoms with van der Waals surface area (Å²) < 4.78 is 0. The summed E-state index contributed by atoms with van der Waals surface area (Å²) in [6, 6.07) is 21.4. The van der Waals surface area contributed by atoms with Crippen LogP contribution in [0.15, 0.2) is 72.8 Å². The van der Waals surface area contributed by atoms with E-state index in [1.54, 1.807) is 30.3 Å². The zero-order valence-corrected chi connectivity index (χ0v) is 23.0. The highest BCUT2D eigenvalue weighted by atomic mass is 16.7. The topological polar surface area (TPSA) is 123 Å². The molecule has 10 heteroatoms. The molecule has 2 amide bonds. The number of fused-ring (bicyclic) bond motifs is 1. The first-order valence-electron chi connectivity index (χ1n) is 13.5. The molecule has 212 valence electrons. The average molecular weight is 556 g/mol. The quantitative estimate of drug-likeness (QED) is 0.170. The molecule has 0 bridgehead atoms. The van der Waals surface area contributed by atoms with E-state index < -0.39 is 5.97 Å². The van der Waals surface area contributed by atoms with Gasteiger partial charge in [0, 0.05) is 35.9 Å². The van der Waals surface area contributed by atoms with Gasteiger partial charge in [-0.3, -0.25) is 19.3 Å². The fourth-order valence-corrected chi connectivity index (χ4v) is 5.07. The molecule has 41 heavy (non-hydrogen) atoms. The number of benzene rings is 3. The summed E-state index contributed by atoms with van der Waals surface area (Å²) >= 11 is 0. The van der Waals surface area contributed by atoms with Crippen LogP contribution in [0.1, 0.15) is 38.3 Å². The first-order valence-corrected chi connectivity index (χ1v) is 13.5. The number of carboxylic acids is 1. The molecule has 0 spiro atoms. The molecule has 10 nitrogen and oxygen atoms in total. The van der Waals surface area contributed by atoms with Crippen molar-refractivity contribution in [2.24, 2.45) is 0 Å². The lowest BCUT2D eigenvalue weighted by atomic mass is 9.99. The van der Waals surface area contributed by atoms with Crippen molar-refractivity contribution in [2.45, 2.75) is 12.5 Å². The molecule has 0 radical (unpaired) electrons. The molecule has 1 unspecified atom stereocenters. The molecule has 0 aliphatic carbocycles. The number of amides is 2. The van der Waals surface area contributed by atoms with Gasteiger partial charge in [0.1, 0.15) is 0 Å². The van der Waals surface area contributed by atoms with Crippen LogP contribution in [0.4, 0.5) is 11.4 Å². The number of rotatable bonds is 10. The number of hydrogen-bond acceptors (Lipinski definition) is 7. The Hall–Kier alpha value is -4.51. The number of anilines is 2. The van der Waals surface area contributed by atoms with Crippen molar-refractivity contribution in [1.82, 2.24) is 15.3 Å². The van der Waals surface area contributed by atoms with Crippen LogP contribution in [0.2, 0.25) is 0 Å². The van der Waals surface area contributed by atoms with Crippen LogP contribution < -0.4 is 16.1 Å². The van der Waals surface area contributed by atoms with Crippen molar-refractivity contribution in [3.63, 3.8) is 0 Å². The van der Waals surface area contributed by atoms with Gasteiger partial charge in [-0.05, 0) is 69.0 Å². The minimum atomic E-state index is -1.07. The van der Waals surface area contributed by atoms with Gasteiger partial charge in [0.25, 0.3) is 11.8 Å². The number of carboxylic acid groups (broad SMARTS) is 1. The summed E-state index contributed by atoms with van der Waals surface area (Å²) in [4.78, 5) is 47.1. The average Bonchev–Trinajstić information content (AvgIpc) is 3.58. The van der Waals surface area contributed by atoms with Crippen molar-refractivity contribution in [3.05, 3.63) is 95.1 Å². The van der Waals surface area contributed by atoms with Crippen LogP contribution in [-0.2, 0) is 9.63 Å². The van der Waals surface area contributed by atoms with Gasteiger partial charge in [-0.15, -0.1) is 0 Å². The van der Waals surface area contributed by atoms with Gasteiger partial charge < -0.3 is 20.6 Å². The van der Waals surface area contributed by atoms with Crippen LogP contribution in [0.5, 0.6) is 0 Å². The Bertz CT molecular complexity index is 1470. The minimum absolute atomic E-state index is 0.0892. The molecular weight excluding hydrogens is 522 g/mol. The third-order valence-electron chi connectivity index (χ3n) is 7.39. The molecule has 0 aromatic heterocycles. The standard InChI is InChI=1S/C31H33N5O5/c1-35(2)24-14-15-36(19-24)16-17-41-34-29(37)21-8-11-23(12-9-21)32-28(20-6-4-3-5-7-20)27-25-13-10-22(31(39)40)18-26(25)33-30(27)38/h3-13,18,24,32H,14-17,19H2,1-2H3,(H,33,38)(H,34,37)(H,39,40)/b28-27+. The van der Waals surface area contributed by atoms with E-state index in [1.165, 1.54) is 12.1 Å². The maximum atomic E-state index is 13.1. The number of nitrogens with zero attached hydrogens (tertiary/aromatic N) is 2. The van der Waals surface area contributed by atoms with Crippen molar-refractivity contribution in [3.8, 4) is 0 Å². The van der Waals surface area contributed by atoms with Gasteiger partial charge in [0.15, 0.2) is 0 Å². The molecule has 5 rings (SSSR count). The van der Waals surface area contributed by atoms with Crippen molar-refractivity contribution < 1.29 is 24.3 Å². The molecule has 3 aromatic carbocycles. The Kier molecular flexibility index (Phi) is 8.44. The second-order valence-corrected chi connectivity index (χ2v) is 10.3. The SMILES string of the molecule is CN(C)C1CCN(CCONC(=O)c2ccc(N/C(=C3/C(=O)Nc4cc(C(=O)O)ccc43)c3ccccc3)cc2)C1. The number of carbonyl (C=O) groups excluding carboxylic acids is 2. The highest BCUT2D eigenvalue weighted by Crippen LogP contribution is 2.38. The monoisotopic (exact) mass is 555 g/mol. The van der Waals surface area contributed by atoms with E-state index in [-0.39, 0.29) is 17.4 Å². The first kappa shape index (κ1) is 28.0.